The highest BCUT2D eigenvalue weighted by Crippen LogP contribution is 2.23. The molecule has 0 spiro atoms. The first-order valence-electron chi connectivity index (χ1n) is 8.85. The Morgan fingerprint density at radius 2 is 1.90 bits per heavy atom. The Hall–Kier alpha value is -1.03. The van der Waals surface area contributed by atoms with Gasteiger partial charge in [0.2, 0.25) is 5.95 Å². The number of nitrogens with zero attached hydrogens (tertiary/aromatic N) is 3. The summed E-state index contributed by atoms with van der Waals surface area (Å²) in [6, 6.07) is 0.641. The molecule has 3 rings (SSSR count). The molecule has 0 atom stereocenters. The number of hydrogen-bond donors (Lipinski definition) is 1. The Kier molecular flexibility index (Phi) is 5.17. The normalized spacial score (nSPS) is 22.5. The predicted molar refractivity (Wildman–Crippen MR) is 87.6 cm³/mol. The highest BCUT2D eigenvalue weighted by atomic mass is 15.2. The number of imidazole rings is 1. The Bertz CT molecular complexity index is 414. The molecule has 1 aliphatic heterocycles. The molecule has 0 unspecified atom stereocenters. The SMILES string of the molecule is CCN1CCC(Cn2ccnc2NC2CCCCC2)CC1. The van der Waals surface area contributed by atoms with Crippen molar-refractivity contribution in [1.29, 1.82) is 0 Å². The van der Waals surface area contributed by atoms with E-state index in [9.17, 15) is 0 Å². The van der Waals surface area contributed by atoms with Gasteiger partial charge in [0, 0.05) is 25.0 Å². The lowest BCUT2D eigenvalue weighted by Gasteiger charge is -2.31. The van der Waals surface area contributed by atoms with Crippen LogP contribution in [-0.4, -0.2) is 40.1 Å². The lowest BCUT2D eigenvalue weighted by Crippen LogP contribution is -2.35. The van der Waals surface area contributed by atoms with Crippen molar-refractivity contribution < 1.29 is 0 Å². The Labute approximate surface area is 128 Å². The van der Waals surface area contributed by atoms with Gasteiger partial charge in [-0.2, -0.15) is 0 Å². The number of nitrogens with one attached hydrogen (secondary N) is 1. The van der Waals surface area contributed by atoms with Gasteiger partial charge in [0.1, 0.15) is 0 Å². The van der Waals surface area contributed by atoms with Crippen LogP contribution in [0.3, 0.4) is 0 Å². The van der Waals surface area contributed by atoms with Crippen LogP contribution < -0.4 is 5.32 Å². The molecule has 0 bridgehead atoms. The summed E-state index contributed by atoms with van der Waals surface area (Å²) in [5.74, 6) is 1.91. The Morgan fingerprint density at radius 1 is 1.14 bits per heavy atom. The minimum absolute atomic E-state index is 0.641. The number of rotatable bonds is 5. The van der Waals surface area contributed by atoms with E-state index in [1.54, 1.807) is 0 Å². The van der Waals surface area contributed by atoms with Gasteiger partial charge in [0.05, 0.1) is 0 Å². The molecule has 21 heavy (non-hydrogen) atoms. The van der Waals surface area contributed by atoms with Gasteiger partial charge < -0.3 is 14.8 Å². The van der Waals surface area contributed by atoms with Gasteiger partial charge >= 0.3 is 0 Å². The van der Waals surface area contributed by atoms with Crippen molar-refractivity contribution in [2.24, 2.45) is 5.92 Å². The fourth-order valence-electron chi connectivity index (χ4n) is 3.79. The van der Waals surface area contributed by atoms with Gasteiger partial charge in [-0.05, 0) is 51.2 Å². The van der Waals surface area contributed by atoms with Crippen LogP contribution in [0.15, 0.2) is 12.4 Å². The lowest BCUT2D eigenvalue weighted by molar-refractivity contribution is 0.181. The van der Waals surface area contributed by atoms with E-state index in [1.807, 2.05) is 6.20 Å². The summed E-state index contributed by atoms with van der Waals surface area (Å²) >= 11 is 0. The average Bonchev–Trinajstić information content (AvgIpc) is 2.96. The van der Waals surface area contributed by atoms with E-state index in [-0.39, 0.29) is 0 Å². The molecule has 1 N–H and O–H groups in total. The number of anilines is 1. The van der Waals surface area contributed by atoms with E-state index < -0.39 is 0 Å². The summed E-state index contributed by atoms with van der Waals surface area (Å²) in [4.78, 5) is 7.11. The second-order valence-electron chi connectivity index (χ2n) is 6.76. The molecule has 4 nitrogen and oxygen atoms in total. The van der Waals surface area contributed by atoms with Crippen LogP contribution in [0, 0.1) is 5.92 Å². The fraction of sp³-hybridized carbons (Fsp3) is 0.824. The van der Waals surface area contributed by atoms with Crippen molar-refractivity contribution in [2.45, 2.75) is 64.5 Å². The zero-order valence-electron chi connectivity index (χ0n) is 13.4. The number of aromatic nitrogens is 2. The van der Waals surface area contributed by atoms with Crippen molar-refractivity contribution in [3.8, 4) is 0 Å². The summed E-state index contributed by atoms with van der Waals surface area (Å²) in [6.07, 6.45) is 13.5. The minimum atomic E-state index is 0.641. The fourth-order valence-corrected chi connectivity index (χ4v) is 3.79. The number of likely N-dealkylation sites (tertiary alicyclic amines) is 1. The Morgan fingerprint density at radius 3 is 2.62 bits per heavy atom. The van der Waals surface area contributed by atoms with Crippen LogP contribution in [0.1, 0.15) is 51.9 Å². The first-order valence-corrected chi connectivity index (χ1v) is 8.85. The molecule has 1 aromatic heterocycles. The molecule has 0 amide bonds. The van der Waals surface area contributed by atoms with Crippen molar-refractivity contribution in [3.05, 3.63) is 12.4 Å². The van der Waals surface area contributed by atoms with E-state index >= 15 is 0 Å². The monoisotopic (exact) mass is 290 g/mol. The highest BCUT2D eigenvalue weighted by molar-refractivity contribution is 5.27. The lowest BCUT2D eigenvalue weighted by atomic mass is 9.95. The second-order valence-corrected chi connectivity index (χ2v) is 6.76. The second kappa shape index (κ2) is 7.30. The summed E-state index contributed by atoms with van der Waals surface area (Å²) in [5.41, 5.74) is 0. The van der Waals surface area contributed by atoms with E-state index in [0.717, 1.165) is 18.4 Å². The molecular formula is C17H30N4. The van der Waals surface area contributed by atoms with Crippen LogP contribution in [0.25, 0.3) is 0 Å². The van der Waals surface area contributed by atoms with E-state index in [4.69, 9.17) is 0 Å². The molecule has 118 valence electrons. The van der Waals surface area contributed by atoms with E-state index in [2.05, 4.69) is 32.9 Å². The summed E-state index contributed by atoms with van der Waals surface area (Å²) in [5, 5.41) is 3.68. The molecule has 0 radical (unpaired) electrons. The van der Waals surface area contributed by atoms with Crippen LogP contribution in [0.2, 0.25) is 0 Å². The van der Waals surface area contributed by atoms with Gasteiger partial charge in [0.25, 0.3) is 0 Å². The van der Waals surface area contributed by atoms with Gasteiger partial charge in [0.15, 0.2) is 0 Å². The number of hydrogen-bond acceptors (Lipinski definition) is 3. The minimum Gasteiger partial charge on any atom is -0.353 e. The summed E-state index contributed by atoms with van der Waals surface area (Å²) in [7, 11) is 0. The zero-order chi connectivity index (χ0) is 14.5. The topological polar surface area (TPSA) is 33.1 Å². The number of piperidine rings is 1. The first kappa shape index (κ1) is 14.9. The molecule has 1 saturated carbocycles. The largest absolute Gasteiger partial charge is 0.353 e. The third kappa shape index (κ3) is 4.00. The smallest absolute Gasteiger partial charge is 0.202 e. The Balaban J connectivity index is 1.53. The first-order chi connectivity index (χ1) is 10.3. The molecular weight excluding hydrogens is 260 g/mol. The maximum absolute atomic E-state index is 4.55. The van der Waals surface area contributed by atoms with Gasteiger partial charge in [-0.25, -0.2) is 4.98 Å². The summed E-state index contributed by atoms with van der Waals surface area (Å²) in [6.45, 7) is 7.13. The maximum Gasteiger partial charge on any atom is 0.202 e. The molecule has 2 fully saturated rings. The van der Waals surface area contributed by atoms with Crippen LogP contribution in [0.5, 0.6) is 0 Å². The van der Waals surface area contributed by atoms with Gasteiger partial charge in [-0.1, -0.05) is 26.2 Å². The van der Waals surface area contributed by atoms with Crippen molar-refractivity contribution >= 4 is 5.95 Å². The highest BCUT2D eigenvalue weighted by Gasteiger charge is 2.20. The molecule has 4 heteroatoms. The maximum atomic E-state index is 4.55. The average molecular weight is 290 g/mol. The van der Waals surface area contributed by atoms with E-state index in [0.29, 0.717) is 6.04 Å². The molecule has 2 aliphatic rings. The van der Waals surface area contributed by atoms with Crippen molar-refractivity contribution in [2.75, 3.05) is 25.0 Å². The molecule has 2 heterocycles. The van der Waals surface area contributed by atoms with E-state index in [1.165, 1.54) is 64.6 Å². The van der Waals surface area contributed by atoms with Crippen molar-refractivity contribution in [3.63, 3.8) is 0 Å². The summed E-state index contributed by atoms with van der Waals surface area (Å²) < 4.78 is 2.35. The standard InChI is InChI=1S/C17H30N4/c1-2-20-11-8-15(9-12-20)14-21-13-10-18-17(21)19-16-6-4-3-5-7-16/h10,13,15-16H,2-9,11-12,14H2,1H3,(H,18,19). The van der Waals surface area contributed by atoms with Crippen molar-refractivity contribution in [1.82, 2.24) is 14.5 Å². The van der Waals surface area contributed by atoms with Crippen LogP contribution in [-0.2, 0) is 6.54 Å². The molecule has 1 aromatic rings. The molecule has 1 aliphatic carbocycles. The van der Waals surface area contributed by atoms with Crippen LogP contribution in [0.4, 0.5) is 5.95 Å². The third-order valence-corrected chi connectivity index (χ3v) is 5.26. The third-order valence-electron chi connectivity index (χ3n) is 5.26. The zero-order valence-corrected chi connectivity index (χ0v) is 13.4. The molecule has 0 aromatic carbocycles. The van der Waals surface area contributed by atoms with Gasteiger partial charge in [-0.15, -0.1) is 0 Å². The van der Waals surface area contributed by atoms with Gasteiger partial charge in [-0.3, -0.25) is 0 Å². The van der Waals surface area contributed by atoms with Crippen LogP contribution >= 0.6 is 0 Å². The molecule has 1 saturated heterocycles. The predicted octanol–water partition coefficient (Wildman–Crippen LogP) is 3.36. The quantitative estimate of drug-likeness (QED) is 0.902.